The molecule has 1 aromatic heterocycles. The number of carbonyl (C=O) groups is 1. The van der Waals surface area contributed by atoms with Gasteiger partial charge < -0.3 is 14.8 Å². The molecule has 2 heterocycles. The molecular formula is C20H17ClN2O3S. The molecule has 0 fully saturated rings. The maximum atomic E-state index is 13.0. The van der Waals surface area contributed by atoms with Crippen molar-refractivity contribution < 1.29 is 14.3 Å². The van der Waals surface area contributed by atoms with E-state index >= 15 is 0 Å². The molecule has 0 saturated heterocycles. The van der Waals surface area contributed by atoms with Gasteiger partial charge in [0.05, 0.1) is 20.9 Å². The van der Waals surface area contributed by atoms with Crippen LogP contribution in [0.5, 0.6) is 5.75 Å². The van der Waals surface area contributed by atoms with E-state index in [1.54, 1.807) is 18.3 Å². The minimum Gasteiger partial charge on any atom is -0.460 e. The van der Waals surface area contributed by atoms with Crippen LogP contribution in [0.2, 0.25) is 5.02 Å². The Hall–Kier alpha value is -2.41. The number of nitrogens with one attached hydrogen (secondary N) is 1. The Morgan fingerprint density at radius 1 is 1.37 bits per heavy atom. The number of ketones is 1. The normalized spacial score (nSPS) is 17.8. The third-order valence-electron chi connectivity index (χ3n) is 4.17. The van der Waals surface area contributed by atoms with Crippen LogP contribution in [0.15, 0.2) is 48.2 Å². The molecule has 0 radical (unpaired) electrons. The van der Waals surface area contributed by atoms with Gasteiger partial charge >= 0.3 is 0 Å². The molecule has 1 atom stereocenters. The van der Waals surface area contributed by atoms with Crippen molar-refractivity contribution in [2.45, 2.75) is 20.1 Å². The number of fused-ring (bicyclic) bond motifs is 2. The highest BCUT2D eigenvalue weighted by Gasteiger charge is 2.32. The average molecular weight is 401 g/mol. The highest BCUT2D eigenvalue weighted by molar-refractivity contribution is 7.22. The number of nitrogens with zero attached hydrogens (tertiary/aromatic N) is 1. The van der Waals surface area contributed by atoms with Gasteiger partial charge in [0.1, 0.15) is 11.3 Å². The maximum Gasteiger partial charge on any atom is 0.232 e. The van der Waals surface area contributed by atoms with Crippen LogP contribution in [0.3, 0.4) is 0 Å². The molecule has 0 spiro atoms. The molecule has 27 heavy (non-hydrogen) atoms. The number of hydrogen-bond acceptors (Lipinski definition) is 6. The third-order valence-corrected chi connectivity index (χ3v) is 5.43. The van der Waals surface area contributed by atoms with Gasteiger partial charge in [0.15, 0.2) is 10.9 Å². The molecule has 5 nitrogen and oxygen atoms in total. The summed E-state index contributed by atoms with van der Waals surface area (Å²) in [6, 6.07) is 11.2. The van der Waals surface area contributed by atoms with Crippen molar-refractivity contribution in [3.63, 3.8) is 0 Å². The molecule has 0 amide bonds. The molecule has 1 aliphatic rings. The van der Waals surface area contributed by atoms with Crippen molar-refractivity contribution in [3.8, 4) is 5.75 Å². The lowest BCUT2D eigenvalue weighted by Gasteiger charge is -2.27. The molecule has 138 valence electrons. The predicted molar refractivity (Wildman–Crippen MR) is 108 cm³/mol. The van der Waals surface area contributed by atoms with Crippen molar-refractivity contribution in [2.24, 2.45) is 0 Å². The number of para-hydroxylation sites is 1. The number of aryl methyl sites for hydroxylation is 1. The fourth-order valence-corrected chi connectivity index (χ4v) is 4.03. The Morgan fingerprint density at radius 2 is 2.22 bits per heavy atom. The lowest BCUT2D eigenvalue weighted by molar-refractivity contribution is -0.0509. The second kappa shape index (κ2) is 7.31. The molecule has 4 rings (SSSR count). The van der Waals surface area contributed by atoms with E-state index in [-0.39, 0.29) is 5.78 Å². The van der Waals surface area contributed by atoms with Crippen LogP contribution in [-0.2, 0) is 4.74 Å². The van der Waals surface area contributed by atoms with Crippen molar-refractivity contribution in [3.05, 3.63) is 64.3 Å². The van der Waals surface area contributed by atoms with Crippen LogP contribution in [0.4, 0.5) is 5.13 Å². The van der Waals surface area contributed by atoms with Crippen molar-refractivity contribution in [1.29, 1.82) is 0 Å². The van der Waals surface area contributed by atoms with Crippen molar-refractivity contribution >= 4 is 44.1 Å². The number of carbonyl (C=O) groups excluding carboxylic acids is 1. The van der Waals surface area contributed by atoms with Gasteiger partial charge in [-0.2, -0.15) is 0 Å². The number of thiazole rings is 1. The molecule has 1 unspecified atom stereocenters. The monoisotopic (exact) mass is 400 g/mol. The van der Waals surface area contributed by atoms with E-state index in [4.69, 9.17) is 21.1 Å². The Bertz CT molecular complexity index is 1060. The van der Waals surface area contributed by atoms with Gasteiger partial charge in [-0.1, -0.05) is 40.6 Å². The van der Waals surface area contributed by atoms with Crippen LogP contribution in [0, 0.1) is 6.92 Å². The molecular weight excluding hydrogens is 384 g/mol. The van der Waals surface area contributed by atoms with Crippen molar-refractivity contribution in [1.82, 2.24) is 4.98 Å². The zero-order chi connectivity index (χ0) is 19.0. The molecule has 0 saturated carbocycles. The zero-order valence-corrected chi connectivity index (χ0v) is 16.4. The summed E-state index contributed by atoms with van der Waals surface area (Å²) >= 11 is 7.64. The van der Waals surface area contributed by atoms with Crippen molar-refractivity contribution in [2.75, 3.05) is 11.9 Å². The molecule has 0 aliphatic carbocycles. The molecule has 3 aromatic rings. The summed E-state index contributed by atoms with van der Waals surface area (Å²) in [5.74, 6) is 0.415. The first-order chi connectivity index (χ1) is 13.1. The lowest BCUT2D eigenvalue weighted by Crippen LogP contribution is -2.33. The molecule has 1 N–H and O–H groups in total. The van der Waals surface area contributed by atoms with E-state index in [1.807, 2.05) is 38.1 Å². The largest absolute Gasteiger partial charge is 0.460 e. The second-order valence-electron chi connectivity index (χ2n) is 6.08. The van der Waals surface area contributed by atoms with Crippen LogP contribution in [-0.4, -0.2) is 23.7 Å². The highest BCUT2D eigenvalue weighted by Crippen LogP contribution is 2.33. The predicted octanol–water partition coefficient (Wildman–Crippen LogP) is 5.19. The first kappa shape index (κ1) is 18.0. The first-order valence-electron chi connectivity index (χ1n) is 8.52. The van der Waals surface area contributed by atoms with Crippen LogP contribution in [0.1, 0.15) is 22.8 Å². The summed E-state index contributed by atoms with van der Waals surface area (Å²) in [5.41, 5.74) is 2.67. The smallest absolute Gasteiger partial charge is 0.232 e. The molecule has 1 aliphatic heterocycles. The molecule has 2 aromatic carbocycles. The van der Waals surface area contributed by atoms with Gasteiger partial charge in [-0.25, -0.2) is 4.98 Å². The number of Topliss-reactive ketones (excluding diaryl/α,β-unsaturated/α-hetero) is 1. The fourth-order valence-electron chi connectivity index (χ4n) is 2.89. The summed E-state index contributed by atoms with van der Waals surface area (Å²) < 4.78 is 12.5. The summed E-state index contributed by atoms with van der Waals surface area (Å²) in [4.78, 5) is 17.5. The maximum absolute atomic E-state index is 13.0. The summed E-state index contributed by atoms with van der Waals surface area (Å²) in [6.07, 6.45) is 0.850. The van der Waals surface area contributed by atoms with Gasteiger partial charge in [-0.05, 0) is 38.1 Å². The van der Waals surface area contributed by atoms with Gasteiger partial charge in [0.2, 0.25) is 6.29 Å². The average Bonchev–Trinajstić information content (AvgIpc) is 3.07. The van der Waals surface area contributed by atoms with Crippen LogP contribution in [0.25, 0.3) is 10.2 Å². The van der Waals surface area contributed by atoms with E-state index in [2.05, 4.69) is 10.3 Å². The number of hydrogen-bond donors (Lipinski definition) is 1. The van der Waals surface area contributed by atoms with Gasteiger partial charge in [-0.3, -0.25) is 4.79 Å². The Morgan fingerprint density at radius 3 is 3.00 bits per heavy atom. The Kier molecular flexibility index (Phi) is 4.86. The van der Waals surface area contributed by atoms with E-state index in [0.29, 0.717) is 33.6 Å². The van der Waals surface area contributed by atoms with Gasteiger partial charge in [0.25, 0.3) is 0 Å². The van der Waals surface area contributed by atoms with Crippen LogP contribution >= 0.6 is 22.9 Å². The highest BCUT2D eigenvalue weighted by atomic mass is 35.5. The number of anilines is 1. The van der Waals surface area contributed by atoms with Crippen LogP contribution < -0.4 is 10.1 Å². The minimum atomic E-state index is -0.761. The zero-order valence-electron chi connectivity index (χ0n) is 14.8. The fraction of sp³-hybridized carbons (Fsp3) is 0.200. The number of rotatable bonds is 4. The number of halogens is 1. The van der Waals surface area contributed by atoms with E-state index < -0.39 is 6.29 Å². The first-order valence-corrected chi connectivity index (χ1v) is 9.71. The van der Waals surface area contributed by atoms with Gasteiger partial charge in [-0.15, -0.1) is 0 Å². The second-order valence-corrected chi connectivity index (χ2v) is 7.52. The third kappa shape index (κ3) is 3.43. The number of benzene rings is 2. The molecule has 0 bridgehead atoms. The standard InChI is InChI=1S/C20H17ClN2O3S/c1-3-25-19-13(18(24)12-9-11(2)7-8-15(12)26-19)10-22-20-23-17-14(21)5-4-6-16(17)27-20/h4-10,19H,3H2,1-2H3,(H,22,23). The van der Waals surface area contributed by atoms with Gasteiger partial charge in [0, 0.05) is 12.8 Å². The number of ether oxygens (including phenoxy) is 2. The summed E-state index contributed by atoms with van der Waals surface area (Å²) in [6.45, 7) is 4.22. The SMILES string of the molecule is CCOC1Oc2ccc(C)cc2C(=O)C1=CNc1nc2c(Cl)cccc2s1. The lowest BCUT2D eigenvalue weighted by atomic mass is 9.98. The van der Waals surface area contributed by atoms with E-state index in [1.165, 1.54) is 11.3 Å². The van der Waals surface area contributed by atoms with E-state index in [9.17, 15) is 4.79 Å². The Balaban J connectivity index is 1.68. The summed E-state index contributed by atoms with van der Waals surface area (Å²) in [5, 5.41) is 4.34. The van der Waals surface area contributed by atoms with E-state index in [0.717, 1.165) is 15.8 Å². The molecule has 7 heteroatoms. The quantitative estimate of drug-likeness (QED) is 0.610. The topological polar surface area (TPSA) is 60.5 Å². The minimum absolute atomic E-state index is 0.120. The number of aromatic nitrogens is 1. The summed E-state index contributed by atoms with van der Waals surface area (Å²) in [7, 11) is 0. The Labute approximate surface area is 165 Å².